The lowest BCUT2D eigenvalue weighted by atomic mass is 9.71. The Kier molecular flexibility index (Phi) is 4.64. The van der Waals surface area contributed by atoms with Crippen molar-refractivity contribution in [3.8, 4) is 0 Å². The van der Waals surface area contributed by atoms with Gasteiger partial charge in [-0.05, 0) is 57.2 Å². The molecule has 0 aliphatic heterocycles. The van der Waals surface area contributed by atoms with Crippen LogP contribution in [0, 0.1) is 13.8 Å². The fourth-order valence-electron chi connectivity index (χ4n) is 3.07. The number of methoxy groups -OCH3 is 1. The van der Waals surface area contributed by atoms with Gasteiger partial charge in [-0.1, -0.05) is 30.7 Å². The molecule has 0 bridgehead atoms. The van der Waals surface area contributed by atoms with Gasteiger partial charge >= 0.3 is 0 Å². The normalized spacial score (nSPS) is 18.9. The molecule has 2 rings (SSSR count). The number of hydrogen-bond acceptors (Lipinski definition) is 2. The van der Waals surface area contributed by atoms with Gasteiger partial charge < -0.3 is 10.1 Å². The quantitative estimate of drug-likeness (QED) is 0.838. The second kappa shape index (κ2) is 6.06. The molecule has 0 amide bonds. The van der Waals surface area contributed by atoms with Gasteiger partial charge in [-0.25, -0.2) is 0 Å². The SMILES string of the molecule is CCCNC(c1cc(C)ccc1C)C1(OC)CCC1. The fourth-order valence-corrected chi connectivity index (χ4v) is 3.07. The molecule has 19 heavy (non-hydrogen) atoms. The van der Waals surface area contributed by atoms with E-state index in [0.717, 1.165) is 25.8 Å². The largest absolute Gasteiger partial charge is 0.376 e. The van der Waals surface area contributed by atoms with Crippen LogP contribution in [0.1, 0.15) is 55.3 Å². The average Bonchev–Trinajstić information content (AvgIpc) is 2.36. The summed E-state index contributed by atoms with van der Waals surface area (Å²) in [6.07, 6.45) is 4.76. The van der Waals surface area contributed by atoms with Crippen LogP contribution in [0.25, 0.3) is 0 Å². The van der Waals surface area contributed by atoms with Crippen molar-refractivity contribution in [1.29, 1.82) is 0 Å². The van der Waals surface area contributed by atoms with Crippen molar-refractivity contribution in [2.45, 2.75) is 58.1 Å². The van der Waals surface area contributed by atoms with Crippen LogP contribution < -0.4 is 5.32 Å². The highest BCUT2D eigenvalue weighted by molar-refractivity contribution is 5.35. The standard InChI is InChI=1S/C17H27NO/c1-5-11-18-16(17(19-4)9-6-10-17)15-12-13(2)7-8-14(15)3/h7-8,12,16,18H,5-6,9-11H2,1-4H3. The van der Waals surface area contributed by atoms with E-state index in [2.05, 4.69) is 44.3 Å². The molecule has 1 aliphatic carbocycles. The molecular formula is C17H27NO. The van der Waals surface area contributed by atoms with Crippen molar-refractivity contribution in [1.82, 2.24) is 5.32 Å². The van der Waals surface area contributed by atoms with Crippen LogP contribution in [0.15, 0.2) is 18.2 Å². The van der Waals surface area contributed by atoms with Gasteiger partial charge in [0.15, 0.2) is 0 Å². The summed E-state index contributed by atoms with van der Waals surface area (Å²) < 4.78 is 5.92. The van der Waals surface area contributed by atoms with Crippen molar-refractivity contribution >= 4 is 0 Å². The van der Waals surface area contributed by atoms with E-state index in [1.165, 1.54) is 23.1 Å². The van der Waals surface area contributed by atoms with Gasteiger partial charge in [0.1, 0.15) is 0 Å². The number of ether oxygens (including phenoxy) is 1. The summed E-state index contributed by atoms with van der Waals surface area (Å²) in [6, 6.07) is 7.07. The van der Waals surface area contributed by atoms with E-state index in [-0.39, 0.29) is 5.60 Å². The fraction of sp³-hybridized carbons (Fsp3) is 0.647. The smallest absolute Gasteiger partial charge is 0.0872 e. The van der Waals surface area contributed by atoms with Crippen molar-refractivity contribution < 1.29 is 4.74 Å². The van der Waals surface area contributed by atoms with E-state index < -0.39 is 0 Å². The predicted molar refractivity (Wildman–Crippen MR) is 80.5 cm³/mol. The summed E-state index contributed by atoms with van der Waals surface area (Å²) in [4.78, 5) is 0. The first kappa shape index (κ1) is 14.5. The highest BCUT2D eigenvalue weighted by atomic mass is 16.5. The molecular weight excluding hydrogens is 234 g/mol. The van der Waals surface area contributed by atoms with Gasteiger partial charge in [-0.2, -0.15) is 0 Å². The topological polar surface area (TPSA) is 21.3 Å². The van der Waals surface area contributed by atoms with E-state index in [1.54, 1.807) is 0 Å². The lowest BCUT2D eigenvalue weighted by Gasteiger charge is -2.47. The average molecular weight is 261 g/mol. The minimum Gasteiger partial charge on any atom is -0.376 e. The summed E-state index contributed by atoms with van der Waals surface area (Å²) in [5.74, 6) is 0. The number of aryl methyl sites for hydroxylation is 2. The molecule has 1 fully saturated rings. The van der Waals surface area contributed by atoms with E-state index in [9.17, 15) is 0 Å². The maximum Gasteiger partial charge on any atom is 0.0872 e. The van der Waals surface area contributed by atoms with E-state index in [0.29, 0.717) is 6.04 Å². The first-order chi connectivity index (χ1) is 9.13. The molecule has 1 unspecified atom stereocenters. The predicted octanol–water partition coefficient (Wildman–Crippen LogP) is 3.91. The van der Waals surface area contributed by atoms with Gasteiger partial charge in [0.05, 0.1) is 11.6 Å². The molecule has 0 aromatic heterocycles. The van der Waals surface area contributed by atoms with Crippen LogP contribution >= 0.6 is 0 Å². The Morgan fingerprint density at radius 2 is 2.05 bits per heavy atom. The van der Waals surface area contributed by atoms with Crippen molar-refractivity contribution in [3.63, 3.8) is 0 Å². The molecule has 2 heteroatoms. The summed E-state index contributed by atoms with van der Waals surface area (Å²) in [6.45, 7) is 7.63. The maximum absolute atomic E-state index is 5.92. The third-order valence-electron chi connectivity index (χ3n) is 4.48. The summed E-state index contributed by atoms with van der Waals surface area (Å²) in [5, 5.41) is 3.72. The van der Waals surface area contributed by atoms with E-state index >= 15 is 0 Å². The maximum atomic E-state index is 5.92. The van der Waals surface area contributed by atoms with Crippen LogP contribution in [-0.4, -0.2) is 19.3 Å². The Hall–Kier alpha value is -0.860. The minimum atomic E-state index is 0.00766. The van der Waals surface area contributed by atoms with Crippen LogP contribution in [0.4, 0.5) is 0 Å². The Balaban J connectivity index is 2.33. The van der Waals surface area contributed by atoms with Gasteiger partial charge in [0.2, 0.25) is 0 Å². The molecule has 0 radical (unpaired) electrons. The van der Waals surface area contributed by atoms with Gasteiger partial charge in [-0.3, -0.25) is 0 Å². The summed E-state index contributed by atoms with van der Waals surface area (Å²) >= 11 is 0. The number of hydrogen-bond donors (Lipinski definition) is 1. The van der Waals surface area contributed by atoms with Crippen molar-refractivity contribution in [2.75, 3.05) is 13.7 Å². The highest BCUT2D eigenvalue weighted by Crippen LogP contribution is 2.45. The monoisotopic (exact) mass is 261 g/mol. The molecule has 1 aromatic rings. The number of benzene rings is 1. The van der Waals surface area contributed by atoms with Crippen LogP contribution in [-0.2, 0) is 4.74 Å². The van der Waals surface area contributed by atoms with E-state index in [1.807, 2.05) is 7.11 Å². The van der Waals surface area contributed by atoms with Gasteiger partial charge in [0.25, 0.3) is 0 Å². The molecule has 106 valence electrons. The van der Waals surface area contributed by atoms with Crippen molar-refractivity contribution in [3.05, 3.63) is 34.9 Å². The molecule has 2 nitrogen and oxygen atoms in total. The molecule has 1 saturated carbocycles. The zero-order valence-electron chi connectivity index (χ0n) is 12.8. The lowest BCUT2D eigenvalue weighted by Crippen LogP contribution is -2.51. The lowest BCUT2D eigenvalue weighted by molar-refractivity contribution is -0.0998. The second-order valence-electron chi connectivity index (χ2n) is 5.87. The second-order valence-corrected chi connectivity index (χ2v) is 5.87. The summed E-state index contributed by atoms with van der Waals surface area (Å²) in [7, 11) is 1.87. The Morgan fingerprint density at radius 1 is 1.32 bits per heavy atom. The molecule has 0 heterocycles. The van der Waals surface area contributed by atoms with Crippen molar-refractivity contribution in [2.24, 2.45) is 0 Å². The van der Waals surface area contributed by atoms with Gasteiger partial charge in [0, 0.05) is 7.11 Å². The first-order valence-corrected chi connectivity index (χ1v) is 7.48. The first-order valence-electron chi connectivity index (χ1n) is 7.48. The van der Waals surface area contributed by atoms with Gasteiger partial charge in [-0.15, -0.1) is 0 Å². The van der Waals surface area contributed by atoms with E-state index in [4.69, 9.17) is 4.74 Å². The zero-order chi connectivity index (χ0) is 13.9. The Labute approximate surface area is 117 Å². The molecule has 1 aromatic carbocycles. The molecule has 1 N–H and O–H groups in total. The third-order valence-corrected chi connectivity index (χ3v) is 4.48. The van der Waals surface area contributed by atoms with Crippen LogP contribution in [0.3, 0.4) is 0 Å². The Bertz CT molecular complexity index is 418. The summed E-state index contributed by atoms with van der Waals surface area (Å²) in [5.41, 5.74) is 4.11. The van der Waals surface area contributed by atoms with Crippen LogP contribution in [0.2, 0.25) is 0 Å². The molecule has 1 aliphatic rings. The molecule has 0 saturated heterocycles. The zero-order valence-corrected chi connectivity index (χ0v) is 12.8. The van der Waals surface area contributed by atoms with Crippen LogP contribution in [0.5, 0.6) is 0 Å². The highest BCUT2D eigenvalue weighted by Gasteiger charge is 2.45. The minimum absolute atomic E-state index is 0.00766. The Morgan fingerprint density at radius 3 is 2.58 bits per heavy atom. The number of rotatable bonds is 6. The molecule has 1 atom stereocenters. The molecule has 0 spiro atoms. The number of nitrogens with one attached hydrogen (secondary N) is 1. The third kappa shape index (κ3) is 2.85.